The van der Waals surface area contributed by atoms with Crippen LogP contribution in [0.15, 0.2) is 0 Å². The van der Waals surface area contributed by atoms with Crippen LogP contribution in [0.4, 0.5) is 22.0 Å². The van der Waals surface area contributed by atoms with Crippen LogP contribution in [0.3, 0.4) is 0 Å². The summed E-state index contributed by atoms with van der Waals surface area (Å²) >= 11 is 0. The minimum atomic E-state index is -2.22. The molecule has 1 aromatic rings. The summed E-state index contributed by atoms with van der Waals surface area (Å²) in [6.45, 7) is 0. The molecule has 0 aliphatic heterocycles. The highest BCUT2D eigenvalue weighted by molar-refractivity contribution is 5.37. The van der Waals surface area contributed by atoms with Gasteiger partial charge in [0.05, 0.1) is 0 Å². The molecule has 0 aromatic heterocycles. The Labute approximate surface area is 75.3 Å². The second kappa shape index (κ2) is 3.54. The summed E-state index contributed by atoms with van der Waals surface area (Å²) in [5.41, 5.74) is 3.37. The molecule has 0 aliphatic carbocycles. The Kier molecular flexibility index (Phi) is 2.60. The molecular weight excluding hydrogens is 205 g/mol. The summed E-state index contributed by atoms with van der Waals surface area (Å²) < 4.78 is 62.8. The number of nitrogens with two attached hydrogens (primary N) is 1. The zero-order valence-corrected chi connectivity index (χ0v) is 6.47. The Morgan fingerprint density at radius 3 is 1.43 bits per heavy atom. The Morgan fingerprint density at radius 1 is 0.714 bits per heavy atom. The van der Waals surface area contributed by atoms with Crippen molar-refractivity contribution in [1.82, 2.24) is 0 Å². The van der Waals surface area contributed by atoms with Crippen molar-refractivity contribution in [2.24, 2.45) is 5.73 Å². The smallest absolute Gasteiger partial charge is 0.200 e. The third-order valence-corrected chi connectivity index (χ3v) is 1.41. The fourth-order valence-electron chi connectivity index (χ4n) is 0.787. The first kappa shape index (κ1) is 10.3. The van der Waals surface area contributed by atoms with Crippen molar-refractivity contribution >= 4 is 0 Å². The molecule has 1 nitrogen and oxygen atoms in total. The summed E-state index contributed by atoms with van der Waals surface area (Å²) in [6.07, 6.45) is 0. The van der Waals surface area contributed by atoms with Crippen LogP contribution in [-0.4, -0.2) is 0 Å². The lowest BCUT2D eigenvalue weighted by molar-refractivity contribution is 0.376. The van der Waals surface area contributed by atoms with E-state index in [4.69, 9.17) is 0 Å². The molecule has 1 aromatic carbocycles. The van der Waals surface area contributed by atoms with Gasteiger partial charge in [-0.05, 0) is 5.92 Å². The highest BCUT2D eigenvalue weighted by atomic mass is 19.2. The molecule has 0 unspecified atom stereocenters. The summed E-state index contributed by atoms with van der Waals surface area (Å²) in [5.74, 6) is -8.69. The van der Waals surface area contributed by atoms with E-state index in [0.717, 1.165) is 0 Å². The van der Waals surface area contributed by atoms with Gasteiger partial charge in [-0.2, -0.15) is 0 Å². The molecule has 74 valence electrons. The molecule has 0 fully saturated rings. The van der Waals surface area contributed by atoms with E-state index in [-0.39, 0.29) is 0 Å². The van der Waals surface area contributed by atoms with Crippen LogP contribution in [0.1, 0.15) is 5.56 Å². The van der Waals surface area contributed by atoms with Gasteiger partial charge in [0.15, 0.2) is 23.3 Å². The summed E-state index contributed by atoms with van der Waals surface area (Å²) in [6, 6.07) is 1.55. The van der Waals surface area contributed by atoms with Gasteiger partial charge in [-0.15, -0.1) is 0 Å². The van der Waals surface area contributed by atoms with E-state index in [0.29, 0.717) is 0 Å². The zero-order valence-electron chi connectivity index (χ0n) is 6.47. The van der Waals surface area contributed by atoms with Crippen molar-refractivity contribution in [3.8, 4) is 12.0 Å². The fraction of sp³-hybridized carbons (Fsp3) is 0. The third-order valence-electron chi connectivity index (χ3n) is 1.41. The number of hydrogen-bond acceptors (Lipinski definition) is 1. The number of hydrogen-bond donors (Lipinski definition) is 1. The zero-order chi connectivity index (χ0) is 10.9. The summed E-state index contributed by atoms with van der Waals surface area (Å²) in [4.78, 5) is 0. The second-order valence-corrected chi connectivity index (χ2v) is 2.21. The second-order valence-electron chi connectivity index (χ2n) is 2.21. The van der Waals surface area contributed by atoms with Crippen LogP contribution in [0.5, 0.6) is 0 Å². The molecule has 0 bridgehead atoms. The van der Waals surface area contributed by atoms with Gasteiger partial charge < -0.3 is 5.73 Å². The number of rotatable bonds is 0. The minimum Gasteiger partial charge on any atom is -0.359 e. The molecule has 0 heterocycles. The molecule has 0 radical (unpaired) electrons. The molecule has 6 heteroatoms. The lowest BCUT2D eigenvalue weighted by Gasteiger charge is -2.01. The van der Waals surface area contributed by atoms with Gasteiger partial charge in [0.25, 0.3) is 0 Å². The standard InChI is InChI=1S/C8H2F5N/c9-4-3(1-2-14)5(10)7(12)8(13)6(4)11/h14H2. The lowest BCUT2D eigenvalue weighted by atomic mass is 10.2. The van der Waals surface area contributed by atoms with Crippen molar-refractivity contribution in [2.45, 2.75) is 0 Å². The maximum Gasteiger partial charge on any atom is 0.200 e. The van der Waals surface area contributed by atoms with Gasteiger partial charge in [-0.25, -0.2) is 22.0 Å². The number of halogens is 5. The van der Waals surface area contributed by atoms with Gasteiger partial charge in [-0.1, -0.05) is 0 Å². The van der Waals surface area contributed by atoms with E-state index in [1.165, 1.54) is 0 Å². The molecule has 2 N–H and O–H groups in total. The van der Waals surface area contributed by atoms with Crippen molar-refractivity contribution in [1.29, 1.82) is 0 Å². The molecule has 0 saturated carbocycles. The van der Waals surface area contributed by atoms with E-state index in [9.17, 15) is 22.0 Å². The minimum absolute atomic E-state index is 1.23. The molecule has 0 spiro atoms. The van der Waals surface area contributed by atoms with E-state index >= 15 is 0 Å². The molecule has 1 rings (SSSR count). The van der Waals surface area contributed by atoms with Gasteiger partial charge in [-0.3, -0.25) is 0 Å². The largest absolute Gasteiger partial charge is 0.359 e. The Balaban J connectivity index is 3.65. The fourth-order valence-corrected chi connectivity index (χ4v) is 0.787. The average Bonchev–Trinajstić information content (AvgIpc) is 2.19. The lowest BCUT2D eigenvalue weighted by Crippen LogP contribution is -2.04. The molecule has 0 saturated heterocycles. The van der Waals surface area contributed by atoms with Crippen molar-refractivity contribution < 1.29 is 22.0 Å². The van der Waals surface area contributed by atoms with E-state index in [1.807, 2.05) is 0 Å². The number of benzene rings is 1. The van der Waals surface area contributed by atoms with Crippen LogP contribution in [0, 0.1) is 41.1 Å². The van der Waals surface area contributed by atoms with Crippen molar-refractivity contribution in [3.05, 3.63) is 34.6 Å². The molecule has 0 atom stereocenters. The average molecular weight is 207 g/mol. The van der Waals surface area contributed by atoms with Crippen LogP contribution in [-0.2, 0) is 0 Å². The Morgan fingerprint density at radius 2 is 1.07 bits per heavy atom. The van der Waals surface area contributed by atoms with Gasteiger partial charge in [0.1, 0.15) is 5.56 Å². The van der Waals surface area contributed by atoms with Crippen molar-refractivity contribution in [3.63, 3.8) is 0 Å². The predicted octanol–water partition coefficient (Wildman–Crippen LogP) is 1.65. The topological polar surface area (TPSA) is 26.0 Å². The molecule has 0 amide bonds. The van der Waals surface area contributed by atoms with Crippen LogP contribution in [0.25, 0.3) is 0 Å². The van der Waals surface area contributed by atoms with Gasteiger partial charge >= 0.3 is 0 Å². The maximum absolute atomic E-state index is 12.7. The van der Waals surface area contributed by atoms with Crippen LogP contribution < -0.4 is 5.73 Å². The van der Waals surface area contributed by atoms with Crippen LogP contribution >= 0.6 is 0 Å². The first-order valence-electron chi connectivity index (χ1n) is 3.23. The van der Waals surface area contributed by atoms with Crippen molar-refractivity contribution in [2.75, 3.05) is 0 Å². The Hall–Kier alpha value is -1.77. The summed E-state index contributed by atoms with van der Waals surface area (Å²) in [5, 5.41) is 0. The molecular formula is C8H2F5N. The van der Waals surface area contributed by atoms with E-state index in [1.54, 1.807) is 12.0 Å². The highest BCUT2D eigenvalue weighted by Gasteiger charge is 2.24. The highest BCUT2D eigenvalue weighted by Crippen LogP contribution is 2.21. The van der Waals surface area contributed by atoms with Gasteiger partial charge in [0.2, 0.25) is 5.82 Å². The maximum atomic E-state index is 12.7. The summed E-state index contributed by atoms with van der Waals surface area (Å²) in [7, 11) is 0. The molecule has 0 aliphatic rings. The predicted molar refractivity (Wildman–Crippen MR) is 37.3 cm³/mol. The Bertz CT molecular complexity index is 414. The normalized spacial score (nSPS) is 9.50. The SMILES string of the molecule is NC#Cc1c(F)c(F)c(F)c(F)c1F. The van der Waals surface area contributed by atoms with Crippen LogP contribution in [0.2, 0.25) is 0 Å². The van der Waals surface area contributed by atoms with E-state index in [2.05, 4.69) is 5.73 Å². The van der Waals surface area contributed by atoms with E-state index < -0.39 is 34.6 Å². The van der Waals surface area contributed by atoms with Gasteiger partial charge in [0, 0.05) is 6.04 Å². The quantitative estimate of drug-likeness (QED) is 0.226. The molecule has 14 heavy (non-hydrogen) atoms. The first-order valence-corrected chi connectivity index (χ1v) is 3.23. The monoisotopic (exact) mass is 207 g/mol. The first-order chi connectivity index (χ1) is 6.50. The third kappa shape index (κ3) is 1.37.